The molecule has 87 valence electrons. The van der Waals surface area contributed by atoms with Gasteiger partial charge in [-0.3, -0.25) is 0 Å². The Balaban J connectivity index is 0. The second-order valence-electron chi connectivity index (χ2n) is 3.13. The van der Waals surface area contributed by atoms with Crippen LogP contribution in [-0.2, 0) is 25.3 Å². The Hall–Kier alpha value is 0.924. The Labute approximate surface area is 102 Å². The Kier molecular flexibility index (Phi) is 17.2. The summed E-state index contributed by atoms with van der Waals surface area (Å²) in [5.74, 6) is 0. The minimum Gasteiger partial charge on any atom is -0.147 e. The van der Waals surface area contributed by atoms with Crippen LogP contribution in [0, 0.1) is 0 Å². The van der Waals surface area contributed by atoms with Crippen LogP contribution >= 0.6 is 12.4 Å². The molecule has 0 aromatic heterocycles. The van der Waals surface area contributed by atoms with E-state index in [2.05, 4.69) is 20.8 Å². The van der Waals surface area contributed by atoms with Gasteiger partial charge in [0.1, 0.15) is 0 Å². The predicted octanol–water partition coefficient (Wildman–Crippen LogP) is 3.93. The molecule has 14 heavy (non-hydrogen) atoms. The predicted molar refractivity (Wildman–Crippen MR) is 59.4 cm³/mol. The molecule has 0 heterocycles. The second kappa shape index (κ2) is 13.9. The Bertz CT molecular complexity index is 94.1. The molecule has 0 saturated carbocycles. The molecule has 0 aromatic rings. The van der Waals surface area contributed by atoms with Crippen molar-refractivity contribution in [1.29, 1.82) is 0 Å². The number of halogens is 1. The number of hydrogen-bond acceptors (Lipinski definition) is 2. The monoisotopic (exact) mass is 259 g/mol. The van der Waals surface area contributed by atoms with E-state index in [9.17, 15) is 0 Å². The van der Waals surface area contributed by atoms with E-state index in [4.69, 9.17) is 6.64 Å². The first-order chi connectivity index (χ1) is 6.35. The van der Waals surface area contributed by atoms with Crippen molar-refractivity contribution in [2.75, 3.05) is 13.2 Å². The average molecular weight is 260 g/mol. The van der Waals surface area contributed by atoms with Gasteiger partial charge in [-0.15, -0.1) is 12.4 Å². The maximum Gasteiger partial charge on any atom is -0.147 e. The molecule has 0 N–H and O–H groups in total. The second-order valence-corrected chi connectivity index (χ2v) is 6.30. The van der Waals surface area contributed by atoms with Crippen molar-refractivity contribution in [3.05, 3.63) is 0 Å². The first-order valence-corrected chi connectivity index (χ1v) is 7.84. The van der Waals surface area contributed by atoms with Gasteiger partial charge in [-0.2, -0.15) is 0 Å². The summed E-state index contributed by atoms with van der Waals surface area (Å²) >= 11 is -1.54. The molecule has 4 heteroatoms. The van der Waals surface area contributed by atoms with Crippen LogP contribution in [0.3, 0.4) is 0 Å². The fraction of sp³-hybridized carbons (Fsp3) is 1.00. The number of unbranched alkanes of at least 4 members (excludes halogenated alkanes) is 2. The molecule has 0 amide bonds. The van der Waals surface area contributed by atoms with Crippen molar-refractivity contribution in [3.8, 4) is 0 Å². The van der Waals surface area contributed by atoms with Gasteiger partial charge >= 0.3 is 89.7 Å². The molecule has 0 radical (unpaired) electrons. The van der Waals surface area contributed by atoms with Crippen molar-refractivity contribution in [3.63, 3.8) is 0 Å². The Morgan fingerprint density at radius 1 is 0.857 bits per heavy atom. The number of rotatable bonds is 9. The van der Waals surface area contributed by atoms with E-state index in [0.717, 1.165) is 17.9 Å². The van der Waals surface area contributed by atoms with E-state index < -0.39 is 18.6 Å². The van der Waals surface area contributed by atoms with Gasteiger partial charge in [0.2, 0.25) is 0 Å². The van der Waals surface area contributed by atoms with Crippen molar-refractivity contribution in [2.45, 2.75) is 51.2 Å². The normalized spacial score (nSPS) is 9.64. The molecule has 0 saturated heterocycles. The molecule has 0 aliphatic rings. The smallest absolute Gasteiger partial charge is 0.147 e. The van der Waals surface area contributed by atoms with E-state index in [1.807, 2.05) is 0 Å². The minimum absolute atomic E-state index is 0. The zero-order chi connectivity index (χ0) is 9.94. The van der Waals surface area contributed by atoms with Crippen LogP contribution in [0.25, 0.3) is 0 Å². The quantitative estimate of drug-likeness (QED) is 0.461. The van der Waals surface area contributed by atoms with Crippen LogP contribution in [0.15, 0.2) is 0 Å². The van der Waals surface area contributed by atoms with Gasteiger partial charge < -0.3 is 0 Å². The summed E-state index contributed by atoms with van der Waals surface area (Å²) in [5.41, 5.74) is 0. The molecular weight excluding hydrogens is 235 g/mol. The summed E-state index contributed by atoms with van der Waals surface area (Å²) in [6.45, 7) is 8.37. The summed E-state index contributed by atoms with van der Waals surface area (Å²) < 4.78 is 12.6. The summed E-state index contributed by atoms with van der Waals surface area (Å²) in [6, 6.07) is 0. The van der Waals surface area contributed by atoms with E-state index in [0.29, 0.717) is 0 Å². The molecule has 0 aliphatic heterocycles. The Morgan fingerprint density at radius 3 is 1.57 bits per heavy atom. The van der Waals surface area contributed by atoms with E-state index in [-0.39, 0.29) is 12.4 Å². The number of hydrogen-bond donors (Lipinski definition) is 0. The van der Waals surface area contributed by atoms with Gasteiger partial charge in [-0.1, -0.05) is 0 Å². The fourth-order valence-corrected chi connectivity index (χ4v) is 2.84. The van der Waals surface area contributed by atoms with Gasteiger partial charge in [0.05, 0.1) is 0 Å². The maximum absolute atomic E-state index is 5.72. The van der Waals surface area contributed by atoms with Crippen molar-refractivity contribution < 1.29 is 25.3 Å². The van der Waals surface area contributed by atoms with Crippen LogP contribution in [0.5, 0.6) is 0 Å². The Morgan fingerprint density at radius 2 is 1.29 bits per heavy atom. The topological polar surface area (TPSA) is 18.5 Å². The van der Waals surface area contributed by atoms with Crippen LogP contribution in [-0.4, -0.2) is 13.2 Å². The molecule has 2 nitrogen and oxygen atoms in total. The van der Waals surface area contributed by atoms with Crippen LogP contribution < -0.4 is 0 Å². The maximum atomic E-state index is 5.72. The standard InChI is InChI=1S/2C4H9O.C2H5.ClH.Ti/c2*1-2-3-4-5;1-2;;/h2*2-4H2,1H3;1H2,2H3;1H;/q2*-1;;;+2. The molecule has 0 aromatic carbocycles. The van der Waals surface area contributed by atoms with Gasteiger partial charge in [0, 0.05) is 0 Å². The van der Waals surface area contributed by atoms with Crippen LogP contribution in [0.1, 0.15) is 46.5 Å². The SMILES string of the molecule is CCCC[O][Ti]([CH2]C)[O]CCCC.Cl. The summed E-state index contributed by atoms with van der Waals surface area (Å²) in [5, 5.41) is 0. The van der Waals surface area contributed by atoms with E-state index in [1.165, 1.54) is 25.7 Å². The first-order valence-electron chi connectivity index (χ1n) is 5.46. The third-order valence-corrected chi connectivity index (χ3v) is 4.36. The average Bonchev–Trinajstić information content (AvgIpc) is 2.16. The van der Waals surface area contributed by atoms with Crippen molar-refractivity contribution in [2.24, 2.45) is 0 Å². The zero-order valence-electron chi connectivity index (χ0n) is 9.67. The van der Waals surface area contributed by atoms with E-state index in [1.54, 1.807) is 0 Å². The largest absolute Gasteiger partial charge is 0.147 e. The third kappa shape index (κ3) is 11.0. The van der Waals surface area contributed by atoms with Crippen LogP contribution in [0.4, 0.5) is 0 Å². The van der Waals surface area contributed by atoms with Gasteiger partial charge in [0.15, 0.2) is 0 Å². The third-order valence-electron chi connectivity index (χ3n) is 1.81. The van der Waals surface area contributed by atoms with Gasteiger partial charge in [-0.25, -0.2) is 0 Å². The molecule has 0 unspecified atom stereocenters. The first kappa shape index (κ1) is 17.3. The van der Waals surface area contributed by atoms with Gasteiger partial charge in [-0.05, 0) is 0 Å². The van der Waals surface area contributed by atoms with E-state index >= 15 is 0 Å². The minimum atomic E-state index is -1.54. The van der Waals surface area contributed by atoms with Gasteiger partial charge in [0.25, 0.3) is 0 Å². The summed E-state index contributed by atoms with van der Waals surface area (Å²) in [7, 11) is 0. The van der Waals surface area contributed by atoms with Crippen LogP contribution in [0.2, 0.25) is 4.73 Å². The molecule has 0 aliphatic carbocycles. The molecule has 0 fully saturated rings. The molecular formula is C10H24ClO2Ti. The summed E-state index contributed by atoms with van der Waals surface area (Å²) in [6.07, 6.45) is 4.77. The molecule has 0 spiro atoms. The van der Waals surface area contributed by atoms with Crippen molar-refractivity contribution >= 4 is 12.4 Å². The summed E-state index contributed by atoms with van der Waals surface area (Å²) in [4.78, 5) is 0. The van der Waals surface area contributed by atoms with Crippen molar-refractivity contribution in [1.82, 2.24) is 0 Å². The molecule has 0 rings (SSSR count). The molecule has 0 bridgehead atoms. The molecule has 0 atom stereocenters. The fourth-order valence-electron chi connectivity index (χ4n) is 0.906. The zero-order valence-corrected chi connectivity index (χ0v) is 12.1.